The second kappa shape index (κ2) is 5.00. The van der Waals surface area contributed by atoms with Crippen LogP contribution in [0.1, 0.15) is 5.56 Å². The van der Waals surface area contributed by atoms with E-state index in [1.165, 1.54) is 0 Å². The Hall–Kier alpha value is -2.14. The van der Waals surface area contributed by atoms with Gasteiger partial charge in [-0.3, -0.25) is 4.98 Å². The molecule has 0 spiro atoms. The molecule has 6 heteroatoms. The van der Waals surface area contributed by atoms with Crippen molar-refractivity contribution in [1.82, 2.24) is 9.97 Å². The first-order chi connectivity index (χ1) is 9.95. The molecule has 2 aromatic heterocycles. The summed E-state index contributed by atoms with van der Waals surface area (Å²) in [4.78, 5) is 8.02. The van der Waals surface area contributed by atoms with Gasteiger partial charge in [0.25, 0.3) is 0 Å². The maximum Gasteiger partial charge on any atom is 0.416 e. The predicted molar refractivity (Wildman–Crippen MR) is 75.0 cm³/mol. The van der Waals surface area contributed by atoms with E-state index in [1.807, 2.05) is 6.07 Å². The van der Waals surface area contributed by atoms with Crippen molar-refractivity contribution in [2.75, 3.05) is 0 Å². The van der Waals surface area contributed by atoms with E-state index in [0.717, 1.165) is 22.9 Å². The van der Waals surface area contributed by atoms with Gasteiger partial charge >= 0.3 is 6.18 Å². The summed E-state index contributed by atoms with van der Waals surface area (Å²) in [7, 11) is 0. The lowest BCUT2D eigenvalue weighted by molar-refractivity contribution is -0.137. The van der Waals surface area contributed by atoms with E-state index in [1.54, 1.807) is 30.6 Å². The largest absolute Gasteiger partial charge is 0.416 e. The van der Waals surface area contributed by atoms with E-state index >= 15 is 0 Å². The fourth-order valence-electron chi connectivity index (χ4n) is 2.14. The molecular weight excluding hydrogens is 301 g/mol. The van der Waals surface area contributed by atoms with Crippen molar-refractivity contribution in [3.63, 3.8) is 0 Å². The van der Waals surface area contributed by atoms with Crippen LogP contribution in [0.3, 0.4) is 0 Å². The van der Waals surface area contributed by atoms with Crippen LogP contribution in [-0.4, -0.2) is 9.97 Å². The average molecular weight is 309 g/mol. The minimum absolute atomic E-state index is 0.174. The Morgan fingerprint density at radius 2 is 1.86 bits per heavy atom. The summed E-state index contributed by atoms with van der Waals surface area (Å²) in [5.74, 6) is 0. The van der Waals surface area contributed by atoms with Gasteiger partial charge in [0.1, 0.15) is 5.15 Å². The van der Waals surface area contributed by atoms with Gasteiger partial charge in [-0.1, -0.05) is 29.8 Å². The third-order valence-corrected chi connectivity index (χ3v) is 3.27. The second-order valence-electron chi connectivity index (χ2n) is 4.46. The first kappa shape index (κ1) is 13.8. The van der Waals surface area contributed by atoms with E-state index in [2.05, 4.69) is 9.97 Å². The third kappa shape index (κ3) is 2.69. The Morgan fingerprint density at radius 1 is 1.05 bits per heavy atom. The number of hydrogen-bond donors (Lipinski definition) is 0. The standard InChI is InChI=1S/C15H8ClF3N2/c16-14-7-10(15(17,18)19)6-13(21-14)11-3-1-2-9-4-5-20-8-12(9)11/h1-8H. The zero-order valence-corrected chi connectivity index (χ0v) is 11.3. The van der Waals surface area contributed by atoms with E-state index in [4.69, 9.17) is 11.6 Å². The molecule has 0 radical (unpaired) electrons. The van der Waals surface area contributed by atoms with E-state index < -0.39 is 11.7 Å². The summed E-state index contributed by atoms with van der Waals surface area (Å²) >= 11 is 5.73. The number of pyridine rings is 2. The van der Waals surface area contributed by atoms with Crippen molar-refractivity contribution in [1.29, 1.82) is 0 Å². The minimum atomic E-state index is -4.47. The predicted octanol–water partition coefficient (Wildman–Crippen LogP) is 4.97. The van der Waals surface area contributed by atoms with Gasteiger partial charge in [-0.05, 0) is 23.6 Å². The van der Waals surface area contributed by atoms with Crippen LogP contribution in [0.5, 0.6) is 0 Å². The maximum atomic E-state index is 12.9. The van der Waals surface area contributed by atoms with Crippen LogP contribution in [0.15, 0.2) is 48.8 Å². The number of alkyl halides is 3. The molecule has 0 aliphatic heterocycles. The molecule has 0 saturated carbocycles. The molecule has 3 rings (SSSR count). The van der Waals surface area contributed by atoms with Gasteiger partial charge in [0, 0.05) is 23.3 Å². The Balaban J connectivity index is 2.26. The highest BCUT2D eigenvalue weighted by Crippen LogP contribution is 2.34. The smallest absolute Gasteiger partial charge is 0.264 e. The molecule has 0 saturated heterocycles. The molecule has 0 N–H and O–H groups in total. The molecule has 0 amide bonds. The molecule has 0 atom stereocenters. The topological polar surface area (TPSA) is 25.8 Å². The maximum absolute atomic E-state index is 12.9. The van der Waals surface area contributed by atoms with E-state index in [-0.39, 0.29) is 10.8 Å². The van der Waals surface area contributed by atoms with Crippen molar-refractivity contribution >= 4 is 22.4 Å². The summed E-state index contributed by atoms with van der Waals surface area (Å²) in [5, 5.41) is 1.40. The number of halogens is 4. The molecule has 0 unspecified atom stereocenters. The van der Waals surface area contributed by atoms with Gasteiger partial charge in [0.15, 0.2) is 0 Å². The van der Waals surface area contributed by atoms with Gasteiger partial charge in [0.2, 0.25) is 0 Å². The SMILES string of the molecule is FC(F)(F)c1cc(Cl)nc(-c2cccc3ccncc23)c1. The lowest BCUT2D eigenvalue weighted by Crippen LogP contribution is -2.05. The van der Waals surface area contributed by atoms with Crippen molar-refractivity contribution in [3.8, 4) is 11.3 Å². The molecular formula is C15H8ClF3N2. The van der Waals surface area contributed by atoms with E-state index in [9.17, 15) is 13.2 Å². The van der Waals surface area contributed by atoms with Gasteiger partial charge < -0.3 is 0 Å². The Kier molecular flexibility index (Phi) is 3.29. The fourth-order valence-corrected chi connectivity index (χ4v) is 2.34. The lowest BCUT2D eigenvalue weighted by Gasteiger charge is -2.10. The Morgan fingerprint density at radius 3 is 2.62 bits per heavy atom. The van der Waals surface area contributed by atoms with Crippen LogP contribution in [0.25, 0.3) is 22.0 Å². The van der Waals surface area contributed by atoms with Crippen LogP contribution in [0, 0.1) is 0 Å². The molecule has 0 aliphatic rings. The number of nitrogens with zero attached hydrogens (tertiary/aromatic N) is 2. The fraction of sp³-hybridized carbons (Fsp3) is 0.0667. The summed E-state index contributed by atoms with van der Waals surface area (Å²) in [6, 6.07) is 8.90. The Labute approximate surface area is 123 Å². The van der Waals surface area contributed by atoms with Gasteiger partial charge in [0.05, 0.1) is 11.3 Å². The number of hydrogen-bond acceptors (Lipinski definition) is 2. The van der Waals surface area contributed by atoms with E-state index in [0.29, 0.717) is 5.56 Å². The zero-order chi connectivity index (χ0) is 15.0. The van der Waals surface area contributed by atoms with Crippen molar-refractivity contribution in [2.45, 2.75) is 6.18 Å². The first-order valence-corrected chi connectivity index (χ1v) is 6.41. The van der Waals surface area contributed by atoms with Crippen molar-refractivity contribution < 1.29 is 13.2 Å². The molecule has 0 aliphatic carbocycles. The third-order valence-electron chi connectivity index (χ3n) is 3.08. The monoisotopic (exact) mass is 308 g/mol. The summed E-state index contributed by atoms with van der Waals surface area (Å²) in [6.07, 6.45) is -1.25. The van der Waals surface area contributed by atoms with Crippen LogP contribution < -0.4 is 0 Å². The molecule has 2 heterocycles. The molecule has 106 valence electrons. The van der Waals surface area contributed by atoms with Crippen LogP contribution in [0.2, 0.25) is 5.15 Å². The Bertz CT molecular complexity index is 810. The molecule has 1 aromatic carbocycles. The molecule has 0 bridgehead atoms. The van der Waals surface area contributed by atoms with Crippen LogP contribution >= 0.6 is 11.6 Å². The van der Waals surface area contributed by atoms with Crippen LogP contribution in [-0.2, 0) is 6.18 Å². The number of fused-ring (bicyclic) bond motifs is 1. The molecule has 2 nitrogen and oxygen atoms in total. The zero-order valence-electron chi connectivity index (χ0n) is 10.5. The minimum Gasteiger partial charge on any atom is -0.264 e. The molecule has 21 heavy (non-hydrogen) atoms. The molecule has 0 fully saturated rings. The summed E-state index contributed by atoms with van der Waals surface area (Å²) in [5.41, 5.74) is -0.0829. The number of benzene rings is 1. The first-order valence-electron chi connectivity index (χ1n) is 6.03. The lowest BCUT2D eigenvalue weighted by atomic mass is 10.0. The molecule has 3 aromatic rings. The quantitative estimate of drug-likeness (QED) is 0.593. The van der Waals surface area contributed by atoms with Gasteiger partial charge in [-0.15, -0.1) is 0 Å². The van der Waals surface area contributed by atoms with Crippen molar-refractivity contribution in [2.24, 2.45) is 0 Å². The number of aromatic nitrogens is 2. The van der Waals surface area contributed by atoms with Gasteiger partial charge in [-0.2, -0.15) is 13.2 Å². The highest BCUT2D eigenvalue weighted by Gasteiger charge is 2.31. The van der Waals surface area contributed by atoms with Gasteiger partial charge in [-0.25, -0.2) is 4.98 Å². The number of rotatable bonds is 1. The normalized spacial score (nSPS) is 11.8. The highest BCUT2D eigenvalue weighted by atomic mass is 35.5. The van der Waals surface area contributed by atoms with Crippen LogP contribution in [0.4, 0.5) is 13.2 Å². The summed E-state index contributed by atoms with van der Waals surface area (Å²) in [6.45, 7) is 0. The average Bonchev–Trinajstić information content (AvgIpc) is 2.45. The highest BCUT2D eigenvalue weighted by molar-refractivity contribution is 6.29. The summed E-state index contributed by atoms with van der Waals surface area (Å²) < 4.78 is 38.6. The second-order valence-corrected chi connectivity index (χ2v) is 4.85. The van der Waals surface area contributed by atoms with Crippen molar-refractivity contribution in [3.05, 3.63) is 59.5 Å².